The van der Waals surface area contributed by atoms with E-state index in [4.69, 9.17) is 23.2 Å². The van der Waals surface area contributed by atoms with Crippen LogP contribution in [0.15, 0.2) is 18.2 Å². The number of anilines is 1. The summed E-state index contributed by atoms with van der Waals surface area (Å²) in [4.78, 5) is 22.4. The Morgan fingerprint density at radius 2 is 2.00 bits per heavy atom. The Labute approximate surface area is 104 Å². The molecule has 0 spiro atoms. The highest BCUT2D eigenvalue weighted by Gasteiger charge is 2.20. The van der Waals surface area contributed by atoms with Crippen molar-refractivity contribution < 1.29 is 9.59 Å². The summed E-state index contributed by atoms with van der Waals surface area (Å²) >= 11 is 11.5. The molecule has 1 rings (SSSR count). The van der Waals surface area contributed by atoms with Crippen molar-refractivity contribution in [3.05, 3.63) is 28.8 Å². The average Bonchev–Trinajstić information content (AvgIpc) is 2.22. The van der Waals surface area contributed by atoms with Gasteiger partial charge in [0.15, 0.2) is 11.2 Å². The summed E-state index contributed by atoms with van der Waals surface area (Å²) in [6.45, 7) is 3.13. The minimum Gasteiger partial charge on any atom is -0.323 e. The Morgan fingerprint density at radius 3 is 2.56 bits per heavy atom. The van der Waals surface area contributed by atoms with Crippen LogP contribution < -0.4 is 5.32 Å². The number of hydrogen-bond acceptors (Lipinski definition) is 2. The van der Waals surface area contributed by atoms with Crippen molar-refractivity contribution in [1.82, 2.24) is 0 Å². The quantitative estimate of drug-likeness (QED) is 0.671. The largest absolute Gasteiger partial charge is 0.323 e. The third-order valence-corrected chi connectivity index (χ3v) is 2.80. The van der Waals surface area contributed by atoms with Gasteiger partial charge >= 0.3 is 0 Å². The number of carbonyl (C=O) groups is 2. The number of aryl methyl sites for hydroxylation is 1. The van der Waals surface area contributed by atoms with Crippen LogP contribution in [0, 0.1) is 6.92 Å². The molecule has 1 atom stereocenters. The van der Waals surface area contributed by atoms with Crippen molar-refractivity contribution in [2.75, 3.05) is 5.32 Å². The van der Waals surface area contributed by atoms with Gasteiger partial charge in [-0.15, -0.1) is 11.6 Å². The van der Waals surface area contributed by atoms with E-state index in [1.165, 1.54) is 6.92 Å². The van der Waals surface area contributed by atoms with Crippen LogP contribution in [0.5, 0.6) is 0 Å². The third kappa shape index (κ3) is 3.22. The summed E-state index contributed by atoms with van der Waals surface area (Å²) in [5, 5.41) is 1.73. The minimum atomic E-state index is -1.18. The molecule has 1 unspecified atom stereocenters. The van der Waals surface area contributed by atoms with Crippen LogP contribution in [0.2, 0.25) is 5.02 Å². The van der Waals surface area contributed by atoms with Gasteiger partial charge in [-0.2, -0.15) is 0 Å². The van der Waals surface area contributed by atoms with E-state index < -0.39 is 17.1 Å². The second-order valence-electron chi connectivity index (χ2n) is 3.45. The van der Waals surface area contributed by atoms with Crippen LogP contribution in [0.1, 0.15) is 12.5 Å². The lowest BCUT2D eigenvalue weighted by atomic mass is 10.2. The second kappa shape index (κ2) is 5.32. The highest BCUT2D eigenvalue weighted by atomic mass is 35.5. The molecule has 0 aromatic heterocycles. The number of carbonyl (C=O) groups excluding carboxylic acids is 2. The summed E-state index contributed by atoms with van der Waals surface area (Å²) in [6.07, 6.45) is 0. The molecule has 1 aromatic rings. The number of amides is 1. The van der Waals surface area contributed by atoms with E-state index in [2.05, 4.69) is 5.32 Å². The molecule has 1 amide bonds. The van der Waals surface area contributed by atoms with Gasteiger partial charge in [0.25, 0.3) is 0 Å². The SMILES string of the molecule is CC(=O)C(Cl)C(=O)Nc1cc(C)ccc1Cl. The highest BCUT2D eigenvalue weighted by Crippen LogP contribution is 2.23. The van der Waals surface area contributed by atoms with Gasteiger partial charge < -0.3 is 5.32 Å². The molecule has 5 heteroatoms. The molecule has 86 valence electrons. The van der Waals surface area contributed by atoms with E-state index in [1.807, 2.05) is 13.0 Å². The number of Topliss-reactive ketones (excluding diaryl/α,β-unsaturated/α-hetero) is 1. The fourth-order valence-electron chi connectivity index (χ4n) is 1.12. The number of hydrogen-bond donors (Lipinski definition) is 1. The molecule has 0 saturated heterocycles. The standard InChI is InChI=1S/C11H11Cl2NO2/c1-6-3-4-8(12)9(5-6)14-11(16)10(13)7(2)15/h3-5,10H,1-2H3,(H,14,16). The molecule has 1 N–H and O–H groups in total. The summed E-state index contributed by atoms with van der Waals surface area (Å²) in [5.41, 5.74) is 1.41. The Kier molecular flexibility index (Phi) is 4.33. The predicted molar refractivity (Wildman–Crippen MR) is 65.1 cm³/mol. The van der Waals surface area contributed by atoms with Gasteiger partial charge in [-0.25, -0.2) is 0 Å². The predicted octanol–water partition coefficient (Wildman–Crippen LogP) is 2.78. The zero-order valence-corrected chi connectivity index (χ0v) is 10.4. The lowest BCUT2D eigenvalue weighted by Gasteiger charge is -2.10. The van der Waals surface area contributed by atoms with Gasteiger partial charge in [-0.1, -0.05) is 17.7 Å². The van der Waals surface area contributed by atoms with E-state index in [9.17, 15) is 9.59 Å². The maximum absolute atomic E-state index is 11.5. The number of rotatable bonds is 3. The molecular weight excluding hydrogens is 249 g/mol. The Bertz CT molecular complexity index is 432. The molecule has 0 saturated carbocycles. The lowest BCUT2D eigenvalue weighted by Crippen LogP contribution is -2.28. The molecule has 0 aliphatic carbocycles. The summed E-state index contributed by atoms with van der Waals surface area (Å²) in [5.74, 6) is -0.968. The average molecular weight is 260 g/mol. The van der Waals surface area contributed by atoms with Gasteiger partial charge in [0.1, 0.15) is 0 Å². The monoisotopic (exact) mass is 259 g/mol. The first-order valence-electron chi connectivity index (χ1n) is 4.63. The van der Waals surface area contributed by atoms with E-state index >= 15 is 0 Å². The number of halogens is 2. The zero-order valence-electron chi connectivity index (χ0n) is 8.88. The molecule has 0 aliphatic heterocycles. The van der Waals surface area contributed by atoms with E-state index in [0.29, 0.717) is 10.7 Å². The molecule has 0 aliphatic rings. The summed E-state index contributed by atoms with van der Waals surface area (Å²) < 4.78 is 0. The fourth-order valence-corrected chi connectivity index (χ4v) is 1.33. The van der Waals surface area contributed by atoms with E-state index in [1.54, 1.807) is 12.1 Å². The summed E-state index contributed by atoms with van der Waals surface area (Å²) in [7, 11) is 0. The first-order valence-corrected chi connectivity index (χ1v) is 5.45. The molecule has 3 nitrogen and oxygen atoms in total. The molecule has 0 bridgehead atoms. The first kappa shape index (κ1) is 13.0. The van der Waals surface area contributed by atoms with Crippen molar-refractivity contribution in [1.29, 1.82) is 0 Å². The van der Waals surface area contributed by atoms with Crippen LogP contribution in [0.4, 0.5) is 5.69 Å². The van der Waals surface area contributed by atoms with E-state index in [-0.39, 0.29) is 0 Å². The van der Waals surface area contributed by atoms with Gasteiger partial charge in [-0.3, -0.25) is 9.59 Å². The van der Waals surface area contributed by atoms with Gasteiger partial charge in [0, 0.05) is 0 Å². The van der Waals surface area contributed by atoms with Crippen molar-refractivity contribution in [2.45, 2.75) is 19.2 Å². The maximum Gasteiger partial charge on any atom is 0.250 e. The van der Waals surface area contributed by atoms with Crippen molar-refractivity contribution in [2.24, 2.45) is 0 Å². The Hall–Kier alpha value is -1.06. The second-order valence-corrected chi connectivity index (χ2v) is 4.29. The fraction of sp³-hybridized carbons (Fsp3) is 0.273. The van der Waals surface area contributed by atoms with Gasteiger partial charge in [-0.05, 0) is 31.5 Å². The van der Waals surface area contributed by atoms with Crippen LogP contribution >= 0.6 is 23.2 Å². The Morgan fingerprint density at radius 1 is 1.38 bits per heavy atom. The minimum absolute atomic E-state index is 0.400. The maximum atomic E-state index is 11.5. The molecule has 0 heterocycles. The lowest BCUT2D eigenvalue weighted by molar-refractivity contribution is -0.123. The number of ketones is 1. The van der Waals surface area contributed by atoms with Crippen molar-refractivity contribution in [3.63, 3.8) is 0 Å². The van der Waals surface area contributed by atoms with Crippen molar-refractivity contribution in [3.8, 4) is 0 Å². The third-order valence-electron chi connectivity index (χ3n) is 1.97. The first-order chi connectivity index (χ1) is 7.41. The highest BCUT2D eigenvalue weighted by molar-refractivity contribution is 6.43. The smallest absolute Gasteiger partial charge is 0.250 e. The molecule has 1 aromatic carbocycles. The number of alkyl halides is 1. The molecular formula is C11H11Cl2NO2. The number of nitrogens with one attached hydrogen (secondary N) is 1. The van der Waals surface area contributed by atoms with Gasteiger partial charge in [0.2, 0.25) is 5.91 Å². The van der Waals surface area contributed by atoms with Crippen molar-refractivity contribution >= 4 is 40.6 Å². The molecule has 0 fully saturated rings. The summed E-state index contributed by atoms with van der Waals surface area (Å²) in [6, 6.07) is 5.20. The molecule has 16 heavy (non-hydrogen) atoms. The van der Waals surface area contributed by atoms with Crippen LogP contribution in [-0.4, -0.2) is 17.1 Å². The van der Waals surface area contributed by atoms with Gasteiger partial charge in [0.05, 0.1) is 10.7 Å². The number of benzene rings is 1. The van der Waals surface area contributed by atoms with Crippen LogP contribution in [-0.2, 0) is 9.59 Å². The molecule has 0 radical (unpaired) electrons. The van der Waals surface area contributed by atoms with Crippen LogP contribution in [0.25, 0.3) is 0 Å². The van der Waals surface area contributed by atoms with Crippen LogP contribution in [0.3, 0.4) is 0 Å². The Balaban J connectivity index is 2.84. The zero-order chi connectivity index (χ0) is 12.3. The van der Waals surface area contributed by atoms with E-state index in [0.717, 1.165) is 5.56 Å². The topological polar surface area (TPSA) is 46.2 Å². The normalized spacial score (nSPS) is 12.0.